The van der Waals surface area contributed by atoms with Crippen LogP contribution in [0.2, 0.25) is 0 Å². The molecule has 1 atom stereocenters. The number of carboxylic acids is 1. The van der Waals surface area contributed by atoms with Crippen LogP contribution in [0.3, 0.4) is 0 Å². The van der Waals surface area contributed by atoms with Crippen LogP contribution in [0.4, 0.5) is 0 Å². The number of hydrogen-bond donors (Lipinski definition) is 1. The van der Waals surface area contributed by atoms with Crippen LogP contribution in [0.1, 0.15) is 19.3 Å². The molecule has 0 amide bonds. The number of fused-ring (bicyclic) bond motifs is 1. The summed E-state index contributed by atoms with van der Waals surface area (Å²) in [5.74, 6) is -0.769. The third kappa shape index (κ3) is 1.95. The zero-order chi connectivity index (χ0) is 7.84. The van der Waals surface area contributed by atoms with Gasteiger partial charge in [-0.2, -0.15) is 0 Å². The van der Waals surface area contributed by atoms with Crippen molar-refractivity contribution in [2.45, 2.75) is 25.3 Å². The number of halogens is 1. The molecule has 0 aromatic rings. The Morgan fingerprint density at radius 2 is 2.23 bits per heavy atom. The van der Waals surface area contributed by atoms with Gasteiger partial charge in [-0.3, -0.25) is 0 Å². The van der Waals surface area contributed by atoms with E-state index in [1.54, 1.807) is 0 Å². The summed E-state index contributed by atoms with van der Waals surface area (Å²) in [5.41, 5.74) is 0.521. The molecule has 13 heavy (non-hydrogen) atoms. The first-order valence-corrected chi connectivity index (χ1v) is 3.99. The summed E-state index contributed by atoms with van der Waals surface area (Å²) in [5, 5.41) is 8.75. The van der Waals surface area contributed by atoms with Gasteiger partial charge in [0.05, 0.1) is 0 Å². The summed E-state index contributed by atoms with van der Waals surface area (Å²) in [6.07, 6.45) is 5.07. The van der Waals surface area contributed by atoms with E-state index in [-0.39, 0.29) is 17.9 Å². The van der Waals surface area contributed by atoms with Crippen LogP contribution in [0.15, 0.2) is 11.8 Å². The molecule has 0 aromatic carbocycles. The summed E-state index contributed by atoms with van der Waals surface area (Å²) < 4.78 is 0. The maximum atomic E-state index is 10.6. The largest absolute Gasteiger partial charge is 0.477 e. The van der Waals surface area contributed by atoms with E-state index in [0.717, 1.165) is 19.4 Å². The van der Waals surface area contributed by atoms with Crippen LogP contribution in [0, 0.1) is 0 Å². The van der Waals surface area contributed by atoms with Crippen molar-refractivity contribution in [1.29, 1.82) is 0 Å². The molecule has 3 N–H and O–H groups in total. The fourth-order valence-electron chi connectivity index (χ4n) is 1.80. The summed E-state index contributed by atoms with van der Waals surface area (Å²) in [4.78, 5) is 12.6. The Bertz CT molecular complexity index is 229. The SMILES string of the molecule is Cl.O.O=C(O)C1=CCCC2CCN12. The molecular formula is C8H14ClNO3. The molecule has 5 heteroatoms. The van der Waals surface area contributed by atoms with Crippen molar-refractivity contribution in [3.8, 4) is 0 Å². The monoisotopic (exact) mass is 207 g/mol. The zero-order valence-electron chi connectivity index (χ0n) is 7.19. The summed E-state index contributed by atoms with van der Waals surface area (Å²) in [6.45, 7) is 0.933. The van der Waals surface area contributed by atoms with Crippen LogP contribution < -0.4 is 0 Å². The zero-order valence-corrected chi connectivity index (χ0v) is 8.01. The normalized spacial score (nSPS) is 24.2. The maximum absolute atomic E-state index is 10.6. The molecule has 1 unspecified atom stereocenters. The molecule has 0 aromatic heterocycles. The smallest absolute Gasteiger partial charge is 0.351 e. The second-order valence-corrected chi connectivity index (χ2v) is 3.11. The quantitative estimate of drug-likeness (QED) is 0.678. The lowest BCUT2D eigenvalue weighted by Gasteiger charge is -2.45. The highest BCUT2D eigenvalue weighted by atomic mass is 35.5. The Balaban J connectivity index is 0.000000720. The highest BCUT2D eigenvalue weighted by Crippen LogP contribution is 2.30. The number of rotatable bonds is 1. The van der Waals surface area contributed by atoms with Gasteiger partial charge in [0.2, 0.25) is 0 Å². The first kappa shape index (κ1) is 12.3. The van der Waals surface area contributed by atoms with Gasteiger partial charge in [0, 0.05) is 12.6 Å². The Hall–Kier alpha value is -0.740. The molecule has 0 radical (unpaired) electrons. The van der Waals surface area contributed by atoms with Gasteiger partial charge in [0.1, 0.15) is 5.70 Å². The van der Waals surface area contributed by atoms with Gasteiger partial charge in [0.15, 0.2) is 0 Å². The molecule has 1 fully saturated rings. The molecule has 0 bridgehead atoms. The summed E-state index contributed by atoms with van der Waals surface area (Å²) in [6, 6.07) is 0.533. The molecule has 2 aliphatic rings. The van der Waals surface area contributed by atoms with E-state index in [2.05, 4.69) is 0 Å². The Labute approximate surface area is 82.9 Å². The van der Waals surface area contributed by atoms with Gasteiger partial charge in [-0.05, 0) is 19.3 Å². The van der Waals surface area contributed by atoms with Crippen molar-refractivity contribution in [3.63, 3.8) is 0 Å². The highest BCUT2D eigenvalue weighted by Gasteiger charge is 2.34. The average molecular weight is 208 g/mol. The van der Waals surface area contributed by atoms with E-state index >= 15 is 0 Å². The predicted molar refractivity (Wildman–Crippen MR) is 50.9 cm³/mol. The number of allylic oxidation sites excluding steroid dienone is 1. The Morgan fingerprint density at radius 3 is 2.62 bits per heavy atom. The fraction of sp³-hybridized carbons (Fsp3) is 0.625. The number of carbonyl (C=O) groups is 1. The first-order valence-electron chi connectivity index (χ1n) is 3.99. The third-order valence-electron chi connectivity index (χ3n) is 2.51. The molecule has 76 valence electrons. The molecule has 2 heterocycles. The lowest BCUT2D eigenvalue weighted by Crippen LogP contribution is -2.49. The standard InChI is InChI=1S/C8H11NO2.ClH.H2O/c10-8(11)7-3-1-2-6-4-5-9(6)7;;/h3,6H,1-2,4-5H2,(H,10,11);1H;1H2. The van der Waals surface area contributed by atoms with E-state index in [1.807, 2.05) is 11.0 Å². The van der Waals surface area contributed by atoms with Crippen molar-refractivity contribution in [1.82, 2.24) is 4.90 Å². The van der Waals surface area contributed by atoms with E-state index in [0.29, 0.717) is 11.7 Å². The van der Waals surface area contributed by atoms with Crippen molar-refractivity contribution >= 4 is 18.4 Å². The average Bonchev–Trinajstić information content (AvgIpc) is 1.90. The van der Waals surface area contributed by atoms with Gasteiger partial charge < -0.3 is 15.5 Å². The predicted octanol–water partition coefficient (Wildman–Crippen LogP) is 0.420. The van der Waals surface area contributed by atoms with Crippen LogP contribution in [0.25, 0.3) is 0 Å². The van der Waals surface area contributed by atoms with Gasteiger partial charge in [-0.15, -0.1) is 12.4 Å². The van der Waals surface area contributed by atoms with Crippen molar-refractivity contribution in [3.05, 3.63) is 11.8 Å². The van der Waals surface area contributed by atoms with Crippen molar-refractivity contribution < 1.29 is 15.4 Å². The lowest BCUT2D eigenvalue weighted by atomic mass is 9.93. The van der Waals surface area contributed by atoms with E-state index in [4.69, 9.17) is 5.11 Å². The number of carboxylic acid groups (broad SMARTS) is 1. The van der Waals surface area contributed by atoms with Gasteiger partial charge in [-0.1, -0.05) is 6.08 Å². The topological polar surface area (TPSA) is 72.0 Å². The molecule has 0 aliphatic carbocycles. The minimum absolute atomic E-state index is 0. The minimum Gasteiger partial charge on any atom is -0.477 e. The van der Waals surface area contributed by atoms with Gasteiger partial charge >= 0.3 is 5.97 Å². The molecular weight excluding hydrogens is 194 g/mol. The molecule has 4 nitrogen and oxygen atoms in total. The van der Waals surface area contributed by atoms with Gasteiger partial charge in [-0.25, -0.2) is 4.79 Å². The van der Waals surface area contributed by atoms with Crippen LogP contribution in [-0.4, -0.2) is 34.0 Å². The summed E-state index contributed by atoms with van der Waals surface area (Å²) >= 11 is 0. The molecule has 0 spiro atoms. The second-order valence-electron chi connectivity index (χ2n) is 3.11. The van der Waals surface area contributed by atoms with E-state index in [9.17, 15) is 4.79 Å². The third-order valence-corrected chi connectivity index (χ3v) is 2.51. The van der Waals surface area contributed by atoms with Crippen molar-refractivity contribution in [2.75, 3.05) is 6.54 Å². The molecule has 2 rings (SSSR count). The summed E-state index contributed by atoms with van der Waals surface area (Å²) in [7, 11) is 0. The first-order chi connectivity index (χ1) is 5.29. The van der Waals surface area contributed by atoms with Crippen LogP contribution in [0.5, 0.6) is 0 Å². The number of nitrogens with zero attached hydrogens (tertiary/aromatic N) is 1. The minimum atomic E-state index is -0.769. The van der Waals surface area contributed by atoms with E-state index in [1.165, 1.54) is 6.42 Å². The fourth-order valence-corrected chi connectivity index (χ4v) is 1.80. The molecule has 2 aliphatic heterocycles. The molecule has 1 saturated heterocycles. The maximum Gasteiger partial charge on any atom is 0.351 e. The molecule has 0 saturated carbocycles. The second kappa shape index (κ2) is 4.48. The Kier molecular flexibility index (Phi) is 4.23. The highest BCUT2D eigenvalue weighted by molar-refractivity contribution is 5.86. The lowest BCUT2D eigenvalue weighted by molar-refractivity contribution is -0.136. The number of hydrogen-bond acceptors (Lipinski definition) is 2. The van der Waals surface area contributed by atoms with Crippen molar-refractivity contribution in [2.24, 2.45) is 0 Å². The van der Waals surface area contributed by atoms with Crippen LogP contribution in [-0.2, 0) is 4.79 Å². The van der Waals surface area contributed by atoms with Crippen LogP contribution >= 0.6 is 12.4 Å². The van der Waals surface area contributed by atoms with E-state index < -0.39 is 5.97 Å². The number of aliphatic carboxylic acids is 1. The van der Waals surface area contributed by atoms with Gasteiger partial charge in [0.25, 0.3) is 0 Å². The Morgan fingerprint density at radius 1 is 1.54 bits per heavy atom.